The lowest BCUT2D eigenvalue weighted by atomic mass is 10.1. The summed E-state index contributed by atoms with van der Waals surface area (Å²) in [5.41, 5.74) is 2.72. The minimum atomic E-state index is -0.249. The van der Waals surface area contributed by atoms with Gasteiger partial charge in [0.05, 0.1) is 17.4 Å². The van der Waals surface area contributed by atoms with Crippen LogP contribution in [0.5, 0.6) is 0 Å². The fraction of sp³-hybridized carbons (Fsp3) is 0.280. The summed E-state index contributed by atoms with van der Waals surface area (Å²) in [7, 11) is 4.06. The third-order valence-corrected chi connectivity index (χ3v) is 6.40. The molecule has 0 spiro atoms. The number of fused-ring (bicyclic) bond motifs is 1. The molecule has 1 amide bonds. The molecule has 5 rings (SSSR count). The number of aromatic nitrogens is 4. The second-order valence-electron chi connectivity index (χ2n) is 8.90. The summed E-state index contributed by atoms with van der Waals surface area (Å²) in [6, 6.07) is 14.6. The molecular weight excluding hydrogens is 452 g/mol. The molecule has 1 saturated heterocycles. The van der Waals surface area contributed by atoms with Crippen LogP contribution in [-0.2, 0) is 0 Å². The minimum Gasteiger partial charge on any atom is -0.334 e. The van der Waals surface area contributed by atoms with Crippen molar-refractivity contribution < 1.29 is 4.79 Å². The van der Waals surface area contributed by atoms with Gasteiger partial charge in [0, 0.05) is 40.6 Å². The maximum absolute atomic E-state index is 13.1. The summed E-state index contributed by atoms with van der Waals surface area (Å²) in [6.07, 6.45) is 3.76. The Morgan fingerprint density at radius 3 is 2.74 bits per heavy atom. The SMILES string of the molecule is CN(C)C[C@H]1CCCN1C(=O)c1ccc(-n2cc(-c3cc4cc(Cl)ccc4[nH]c3=O)nn2)cc1. The van der Waals surface area contributed by atoms with Gasteiger partial charge in [-0.05, 0) is 75.5 Å². The number of nitrogens with zero attached hydrogens (tertiary/aromatic N) is 5. The van der Waals surface area contributed by atoms with E-state index in [9.17, 15) is 9.59 Å². The Hall–Kier alpha value is -3.49. The predicted molar refractivity (Wildman–Crippen MR) is 133 cm³/mol. The van der Waals surface area contributed by atoms with E-state index in [4.69, 9.17) is 11.6 Å². The number of benzene rings is 2. The number of aromatic amines is 1. The van der Waals surface area contributed by atoms with Gasteiger partial charge in [-0.3, -0.25) is 9.59 Å². The molecule has 174 valence electrons. The largest absolute Gasteiger partial charge is 0.334 e. The van der Waals surface area contributed by atoms with Crippen LogP contribution < -0.4 is 5.56 Å². The number of hydrogen-bond donors (Lipinski definition) is 1. The van der Waals surface area contributed by atoms with Crippen LogP contribution >= 0.6 is 11.6 Å². The molecule has 0 bridgehead atoms. The number of hydrogen-bond acceptors (Lipinski definition) is 5. The van der Waals surface area contributed by atoms with E-state index in [-0.39, 0.29) is 17.5 Å². The van der Waals surface area contributed by atoms with Gasteiger partial charge >= 0.3 is 0 Å². The summed E-state index contributed by atoms with van der Waals surface area (Å²) < 4.78 is 1.59. The number of amides is 1. The standard InChI is InChI=1S/C25H25ClN6O2/c1-30(2)14-20-4-3-11-31(20)25(34)16-5-8-19(9-6-16)32-15-23(28-29-32)21-13-17-12-18(26)7-10-22(17)27-24(21)33/h5-10,12-13,15,20H,3-4,11,14H2,1-2H3,(H,27,33)/t20-/m1/s1. The van der Waals surface area contributed by atoms with Gasteiger partial charge < -0.3 is 14.8 Å². The van der Waals surface area contributed by atoms with E-state index in [0.717, 1.165) is 37.0 Å². The molecule has 3 heterocycles. The van der Waals surface area contributed by atoms with Crippen LogP contribution in [0.15, 0.2) is 59.5 Å². The molecule has 2 aromatic carbocycles. The highest BCUT2D eigenvalue weighted by molar-refractivity contribution is 6.31. The van der Waals surface area contributed by atoms with Crippen LogP contribution in [0.3, 0.4) is 0 Å². The quantitative estimate of drug-likeness (QED) is 0.475. The number of halogens is 1. The monoisotopic (exact) mass is 476 g/mol. The first-order valence-corrected chi connectivity index (χ1v) is 11.6. The van der Waals surface area contributed by atoms with Crippen molar-refractivity contribution in [1.82, 2.24) is 29.8 Å². The molecule has 34 heavy (non-hydrogen) atoms. The molecule has 8 nitrogen and oxygen atoms in total. The zero-order valence-corrected chi connectivity index (χ0v) is 19.8. The van der Waals surface area contributed by atoms with Crippen LogP contribution in [0.4, 0.5) is 0 Å². The average Bonchev–Trinajstić information content (AvgIpc) is 3.48. The van der Waals surface area contributed by atoms with E-state index < -0.39 is 0 Å². The molecule has 1 fully saturated rings. The highest BCUT2D eigenvalue weighted by Crippen LogP contribution is 2.23. The molecule has 1 N–H and O–H groups in total. The smallest absolute Gasteiger partial charge is 0.258 e. The van der Waals surface area contributed by atoms with Crippen molar-refractivity contribution in [2.24, 2.45) is 0 Å². The first kappa shape index (κ1) is 22.3. The van der Waals surface area contributed by atoms with E-state index in [1.807, 2.05) is 43.3 Å². The van der Waals surface area contributed by atoms with Crippen LogP contribution in [0.25, 0.3) is 27.8 Å². The Balaban J connectivity index is 1.38. The topological polar surface area (TPSA) is 87.1 Å². The van der Waals surface area contributed by atoms with Gasteiger partial charge in [0.2, 0.25) is 0 Å². The van der Waals surface area contributed by atoms with E-state index in [1.54, 1.807) is 35.1 Å². The van der Waals surface area contributed by atoms with E-state index in [1.165, 1.54) is 0 Å². The van der Waals surface area contributed by atoms with Gasteiger partial charge in [-0.1, -0.05) is 16.8 Å². The second kappa shape index (κ2) is 9.04. The van der Waals surface area contributed by atoms with Gasteiger partial charge in [0.1, 0.15) is 5.69 Å². The summed E-state index contributed by atoms with van der Waals surface area (Å²) >= 11 is 6.09. The molecule has 1 atom stereocenters. The number of carbonyl (C=O) groups is 1. The van der Waals surface area contributed by atoms with Crippen molar-refractivity contribution in [2.45, 2.75) is 18.9 Å². The highest BCUT2D eigenvalue weighted by Gasteiger charge is 2.29. The Bertz CT molecular complexity index is 1410. The summed E-state index contributed by atoms with van der Waals surface area (Å²) in [5.74, 6) is 0.0523. The fourth-order valence-corrected chi connectivity index (χ4v) is 4.70. The lowest BCUT2D eigenvalue weighted by Gasteiger charge is -2.27. The zero-order valence-electron chi connectivity index (χ0n) is 19.0. The van der Waals surface area contributed by atoms with Gasteiger partial charge in [0.15, 0.2) is 0 Å². The fourth-order valence-electron chi connectivity index (χ4n) is 4.52. The molecule has 0 radical (unpaired) electrons. The molecule has 9 heteroatoms. The lowest BCUT2D eigenvalue weighted by molar-refractivity contribution is 0.0716. The Labute approximate surface area is 201 Å². The maximum Gasteiger partial charge on any atom is 0.258 e. The second-order valence-corrected chi connectivity index (χ2v) is 9.33. The molecule has 1 aliphatic rings. The zero-order chi connectivity index (χ0) is 23.8. The average molecular weight is 477 g/mol. The Morgan fingerprint density at radius 1 is 1.18 bits per heavy atom. The van der Waals surface area contributed by atoms with Crippen LogP contribution in [-0.4, -0.2) is 68.9 Å². The maximum atomic E-state index is 13.1. The van der Waals surface area contributed by atoms with Crippen molar-refractivity contribution >= 4 is 28.4 Å². The number of likely N-dealkylation sites (tertiary alicyclic amines) is 1. The van der Waals surface area contributed by atoms with E-state index in [0.29, 0.717) is 27.4 Å². The van der Waals surface area contributed by atoms with Crippen LogP contribution in [0.1, 0.15) is 23.2 Å². The number of H-pyrrole nitrogens is 1. The third-order valence-electron chi connectivity index (χ3n) is 6.17. The molecule has 0 saturated carbocycles. The van der Waals surface area contributed by atoms with Crippen molar-refractivity contribution in [2.75, 3.05) is 27.2 Å². The molecule has 4 aromatic rings. The molecule has 0 unspecified atom stereocenters. The van der Waals surface area contributed by atoms with Gasteiger partial charge in [-0.2, -0.15) is 0 Å². The minimum absolute atomic E-state index is 0.0523. The Kier molecular flexibility index (Phi) is 5.93. The molecule has 1 aliphatic heterocycles. The lowest BCUT2D eigenvalue weighted by Crippen LogP contribution is -2.41. The first-order valence-electron chi connectivity index (χ1n) is 11.2. The van der Waals surface area contributed by atoms with E-state index >= 15 is 0 Å². The van der Waals surface area contributed by atoms with Gasteiger partial charge in [-0.25, -0.2) is 4.68 Å². The third kappa shape index (κ3) is 4.34. The Morgan fingerprint density at radius 2 is 1.97 bits per heavy atom. The summed E-state index contributed by atoms with van der Waals surface area (Å²) in [5, 5.41) is 9.78. The number of carbonyl (C=O) groups excluding carboxylic acids is 1. The first-order chi connectivity index (χ1) is 16.4. The normalized spacial score (nSPS) is 16.0. The summed E-state index contributed by atoms with van der Waals surface area (Å²) in [4.78, 5) is 32.6. The molecular formula is C25H25ClN6O2. The van der Waals surface area contributed by atoms with Crippen molar-refractivity contribution in [3.63, 3.8) is 0 Å². The molecule has 2 aromatic heterocycles. The summed E-state index contributed by atoms with van der Waals surface area (Å²) in [6.45, 7) is 1.66. The van der Waals surface area contributed by atoms with E-state index in [2.05, 4.69) is 20.2 Å². The van der Waals surface area contributed by atoms with Gasteiger partial charge in [-0.15, -0.1) is 5.10 Å². The van der Waals surface area contributed by atoms with Crippen molar-refractivity contribution in [3.8, 4) is 16.9 Å². The predicted octanol–water partition coefficient (Wildman–Crippen LogP) is 3.60. The molecule has 0 aliphatic carbocycles. The number of likely N-dealkylation sites (N-methyl/N-ethyl adjacent to an activating group) is 1. The number of rotatable bonds is 5. The number of pyridine rings is 1. The highest BCUT2D eigenvalue weighted by atomic mass is 35.5. The van der Waals surface area contributed by atoms with Crippen molar-refractivity contribution in [3.05, 3.63) is 75.7 Å². The number of nitrogens with one attached hydrogen (secondary N) is 1. The van der Waals surface area contributed by atoms with Gasteiger partial charge in [0.25, 0.3) is 11.5 Å². The van der Waals surface area contributed by atoms with Crippen molar-refractivity contribution in [1.29, 1.82) is 0 Å². The van der Waals surface area contributed by atoms with Crippen LogP contribution in [0, 0.1) is 0 Å². The van der Waals surface area contributed by atoms with Crippen LogP contribution in [0.2, 0.25) is 5.02 Å².